The summed E-state index contributed by atoms with van der Waals surface area (Å²) in [6.45, 7) is 2.89. The van der Waals surface area contributed by atoms with Gasteiger partial charge in [-0.1, -0.05) is 0 Å². The molecule has 1 aliphatic heterocycles. The molecule has 136 valence electrons. The van der Waals surface area contributed by atoms with E-state index < -0.39 is 0 Å². The lowest BCUT2D eigenvalue weighted by Crippen LogP contribution is -2.43. The fourth-order valence-corrected chi connectivity index (χ4v) is 4.24. The average Bonchev–Trinajstić information content (AvgIpc) is 3.11. The van der Waals surface area contributed by atoms with Gasteiger partial charge in [0.2, 0.25) is 0 Å². The molecule has 0 unspecified atom stereocenters. The summed E-state index contributed by atoms with van der Waals surface area (Å²) in [4.78, 5) is 9.19. The number of aromatic amines is 1. The third-order valence-corrected chi connectivity index (χ3v) is 5.83. The fourth-order valence-electron chi connectivity index (χ4n) is 4.24. The van der Waals surface area contributed by atoms with Crippen molar-refractivity contribution in [1.82, 2.24) is 20.1 Å². The van der Waals surface area contributed by atoms with Crippen LogP contribution in [0.2, 0.25) is 0 Å². The van der Waals surface area contributed by atoms with Crippen LogP contribution in [0.25, 0.3) is 0 Å². The first kappa shape index (κ1) is 17.0. The number of nitriles is 1. The summed E-state index contributed by atoms with van der Waals surface area (Å²) in [6.07, 6.45) is 8.85. The Bertz CT molecular complexity index is 797. The molecule has 6 heteroatoms. The summed E-state index contributed by atoms with van der Waals surface area (Å²) in [5.74, 6) is 0.923. The van der Waals surface area contributed by atoms with Crippen LogP contribution in [0, 0.1) is 11.3 Å². The minimum atomic E-state index is 0.571. The Morgan fingerprint density at radius 3 is 2.92 bits per heavy atom. The number of H-pyrrole nitrogens is 1. The van der Waals surface area contributed by atoms with Gasteiger partial charge in [-0.15, -0.1) is 0 Å². The molecule has 1 N–H and O–H groups in total. The number of hydrogen-bond acceptors (Lipinski definition) is 5. The lowest BCUT2D eigenvalue weighted by atomic mass is 9.95. The summed E-state index contributed by atoms with van der Waals surface area (Å²) in [7, 11) is 2.22. The Balaban J connectivity index is 1.35. The molecular weight excluding hydrogens is 324 g/mol. The van der Waals surface area contributed by atoms with Crippen LogP contribution in [0.5, 0.6) is 0 Å². The first-order valence-electron chi connectivity index (χ1n) is 9.61. The molecule has 1 saturated heterocycles. The smallest absolute Gasteiger partial charge is 0.129 e. The third-order valence-electron chi connectivity index (χ3n) is 5.83. The zero-order valence-electron chi connectivity index (χ0n) is 15.4. The van der Waals surface area contributed by atoms with Crippen LogP contribution < -0.4 is 4.90 Å². The van der Waals surface area contributed by atoms with E-state index in [9.17, 15) is 0 Å². The summed E-state index contributed by atoms with van der Waals surface area (Å²) >= 11 is 0. The van der Waals surface area contributed by atoms with E-state index in [0.717, 1.165) is 44.7 Å². The van der Waals surface area contributed by atoms with Gasteiger partial charge in [-0.3, -0.25) is 10.00 Å². The van der Waals surface area contributed by atoms with E-state index in [4.69, 9.17) is 5.26 Å². The molecule has 0 bridgehead atoms. The number of aryl methyl sites for hydroxylation is 1. The van der Waals surface area contributed by atoms with Crippen molar-refractivity contribution in [3.63, 3.8) is 0 Å². The molecule has 0 saturated carbocycles. The number of anilines is 1. The molecule has 0 amide bonds. The first-order valence-corrected chi connectivity index (χ1v) is 9.61. The topological polar surface area (TPSA) is 71.8 Å². The van der Waals surface area contributed by atoms with Gasteiger partial charge in [-0.05, 0) is 63.3 Å². The van der Waals surface area contributed by atoms with E-state index in [0.29, 0.717) is 11.6 Å². The van der Waals surface area contributed by atoms with Crippen LogP contribution in [0.4, 0.5) is 5.82 Å². The standard InChI is InChI=1S/C20H26N6/c1-25(14-19-17-4-2-3-5-18(17)23-24-19)16-7-10-26(11-8-16)20-12-15(13-21)6-9-22-20/h6,9,12,16H,2-5,7-8,10-11,14H2,1H3,(H,23,24). The number of nitrogens with zero attached hydrogens (tertiary/aromatic N) is 5. The Labute approximate surface area is 154 Å². The van der Waals surface area contributed by atoms with Crippen LogP contribution in [0.3, 0.4) is 0 Å². The lowest BCUT2D eigenvalue weighted by molar-refractivity contribution is 0.197. The second-order valence-electron chi connectivity index (χ2n) is 7.48. The van der Waals surface area contributed by atoms with Gasteiger partial charge in [0.1, 0.15) is 5.82 Å². The van der Waals surface area contributed by atoms with Gasteiger partial charge in [0, 0.05) is 37.6 Å². The molecule has 1 aliphatic carbocycles. The van der Waals surface area contributed by atoms with Crippen molar-refractivity contribution in [1.29, 1.82) is 5.26 Å². The van der Waals surface area contributed by atoms with Crippen molar-refractivity contribution in [2.45, 2.75) is 51.1 Å². The van der Waals surface area contributed by atoms with Gasteiger partial charge in [0.05, 0.1) is 17.3 Å². The van der Waals surface area contributed by atoms with Crippen LogP contribution in [-0.2, 0) is 19.4 Å². The van der Waals surface area contributed by atoms with Gasteiger partial charge in [-0.25, -0.2) is 4.98 Å². The summed E-state index contributed by atoms with van der Waals surface area (Å²) < 4.78 is 0. The summed E-state index contributed by atoms with van der Waals surface area (Å²) in [6, 6.07) is 6.42. The second-order valence-corrected chi connectivity index (χ2v) is 7.48. The van der Waals surface area contributed by atoms with Crippen LogP contribution in [0.1, 0.15) is 48.2 Å². The van der Waals surface area contributed by atoms with Gasteiger partial charge in [0.15, 0.2) is 0 Å². The minimum Gasteiger partial charge on any atom is -0.356 e. The monoisotopic (exact) mass is 350 g/mol. The first-order chi connectivity index (χ1) is 12.7. The van der Waals surface area contributed by atoms with E-state index in [2.05, 4.69) is 38.1 Å². The molecule has 0 atom stereocenters. The molecule has 0 spiro atoms. The molecule has 26 heavy (non-hydrogen) atoms. The number of nitrogens with one attached hydrogen (secondary N) is 1. The molecule has 0 aromatic carbocycles. The van der Waals surface area contributed by atoms with Crippen molar-refractivity contribution >= 4 is 5.82 Å². The van der Waals surface area contributed by atoms with Gasteiger partial charge in [-0.2, -0.15) is 10.4 Å². The SMILES string of the molecule is CN(Cc1n[nH]c2c1CCCC2)C1CCN(c2cc(C#N)ccn2)CC1. The van der Waals surface area contributed by atoms with E-state index in [-0.39, 0.29) is 0 Å². The third kappa shape index (κ3) is 3.45. The highest BCUT2D eigenvalue weighted by Gasteiger charge is 2.25. The van der Waals surface area contributed by atoms with Gasteiger partial charge < -0.3 is 4.90 Å². The second kappa shape index (κ2) is 7.46. The van der Waals surface area contributed by atoms with Crippen molar-refractivity contribution in [2.24, 2.45) is 0 Å². The molecule has 0 radical (unpaired) electrons. The molecule has 4 rings (SSSR count). The minimum absolute atomic E-state index is 0.571. The molecule has 2 aromatic heterocycles. The van der Waals surface area contributed by atoms with Crippen molar-refractivity contribution in [3.05, 3.63) is 40.8 Å². The number of pyridine rings is 1. The molecule has 2 aromatic rings. The highest BCUT2D eigenvalue weighted by molar-refractivity contribution is 5.45. The van der Waals surface area contributed by atoms with Gasteiger partial charge in [0.25, 0.3) is 0 Å². The quantitative estimate of drug-likeness (QED) is 0.918. The predicted molar refractivity (Wildman–Crippen MR) is 101 cm³/mol. The predicted octanol–water partition coefficient (Wildman–Crippen LogP) is 2.66. The summed E-state index contributed by atoms with van der Waals surface area (Å²) in [5, 5.41) is 16.9. The van der Waals surface area contributed by atoms with Crippen LogP contribution in [0.15, 0.2) is 18.3 Å². The molecule has 3 heterocycles. The van der Waals surface area contributed by atoms with Gasteiger partial charge >= 0.3 is 0 Å². The number of aromatic nitrogens is 3. The van der Waals surface area contributed by atoms with E-state index in [1.54, 1.807) is 12.3 Å². The Morgan fingerprint density at radius 1 is 1.31 bits per heavy atom. The molecule has 2 aliphatic rings. The molecule has 6 nitrogen and oxygen atoms in total. The summed E-state index contributed by atoms with van der Waals surface area (Å²) in [5.41, 5.74) is 4.75. The fraction of sp³-hybridized carbons (Fsp3) is 0.550. The van der Waals surface area contributed by atoms with E-state index in [1.165, 1.54) is 36.2 Å². The Kier molecular flexibility index (Phi) is 4.89. The highest BCUT2D eigenvalue weighted by atomic mass is 15.2. The Hall–Kier alpha value is -2.39. The maximum Gasteiger partial charge on any atom is 0.129 e. The largest absolute Gasteiger partial charge is 0.356 e. The van der Waals surface area contributed by atoms with E-state index >= 15 is 0 Å². The maximum atomic E-state index is 9.07. The number of hydrogen-bond donors (Lipinski definition) is 1. The molecular formula is C20H26N6. The maximum absolute atomic E-state index is 9.07. The Morgan fingerprint density at radius 2 is 2.12 bits per heavy atom. The zero-order valence-corrected chi connectivity index (χ0v) is 15.4. The van der Waals surface area contributed by atoms with E-state index in [1.807, 2.05) is 6.07 Å². The highest BCUT2D eigenvalue weighted by Crippen LogP contribution is 2.25. The van der Waals surface area contributed by atoms with Crippen LogP contribution in [-0.4, -0.2) is 46.3 Å². The lowest BCUT2D eigenvalue weighted by Gasteiger charge is -2.37. The number of fused-ring (bicyclic) bond motifs is 1. The van der Waals surface area contributed by atoms with Crippen molar-refractivity contribution < 1.29 is 0 Å². The number of rotatable bonds is 4. The normalized spacial score (nSPS) is 18.0. The number of piperidine rings is 1. The molecule has 1 fully saturated rings. The van der Waals surface area contributed by atoms with Crippen molar-refractivity contribution in [3.8, 4) is 6.07 Å². The van der Waals surface area contributed by atoms with Crippen molar-refractivity contribution in [2.75, 3.05) is 25.0 Å². The average molecular weight is 350 g/mol. The zero-order chi connectivity index (χ0) is 17.9. The van der Waals surface area contributed by atoms with Crippen LogP contribution >= 0.6 is 0 Å².